The summed E-state index contributed by atoms with van der Waals surface area (Å²) in [4.78, 5) is 5.14. The van der Waals surface area contributed by atoms with Gasteiger partial charge < -0.3 is 0 Å². The Balaban J connectivity index is 0.00000216. The second-order valence-corrected chi connectivity index (χ2v) is 8.94. The Hall–Kier alpha value is -2.10. The van der Waals surface area contributed by atoms with Crippen molar-refractivity contribution in [3.8, 4) is 11.1 Å². The van der Waals surface area contributed by atoms with Gasteiger partial charge in [-0.2, -0.15) is 36.4 Å². The van der Waals surface area contributed by atoms with Crippen LogP contribution in [0.1, 0.15) is 44.6 Å². The zero-order chi connectivity index (χ0) is 21.0. The first-order valence-corrected chi connectivity index (χ1v) is 11.3. The van der Waals surface area contributed by atoms with Gasteiger partial charge in [0.2, 0.25) is 0 Å². The van der Waals surface area contributed by atoms with Crippen LogP contribution in [-0.2, 0) is 38.2 Å². The second kappa shape index (κ2) is 8.35. The maximum Gasteiger partial charge on any atom is 0.404 e. The van der Waals surface area contributed by atoms with E-state index in [1.54, 1.807) is 0 Å². The Morgan fingerprint density at radius 3 is 2.50 bits per heavy atom. The molecule has 2 heterocycles. The third-order valence-corrected chi connectivity index (χ3v) is 7.23. The molecule has 1 spiro atoms. The number of fused-ring (bicyclic) bond motifs is 4. The third kappa shape index (κ3) is 3.16. The Bertz CT molecular complexity index is 1330. The summed E-state index contributed by atoms with van der Waals surface area (Å²) in [5.41, 5.74) is 8.30. The van der Waals surface area contributed by atoms with Crippen molar-refractivity contribution < 1.29 is 32.7 Å². The van der Waals surface area contributed by atoms with Crippen molar-refractivity contribution in [3.05, 3.63) is 78.4 Å². The van der Waals surface area contributed by atoms with E-state index in [1.165, 1.54) is 54.6 Å². The fourth-order valence-corrected chi connectivity index (χ4v) is 5.63. The molecule has 0 atom stereocenters. The van der Waals surface area contributed by atoms with Crippen molar-refractivity contribution in [2.24, 2.45) is 0 Å². The number of benzene rings is 3. The first kappa shape index (κ1) is 21.7. The van der Waals surface area contributed by atoms with Crippen LogP contribution in [0.2, 0.25) is 0 Å². The molecule has 157 valence electrons. The average Bonchev–Trinajstić information content (AvgIpc) is 3.30. The molecule has 0 unspecified atom stereocenters. The molecule has 1 aliphatic carbocycles. The SMILES string of the molecule is CC1=[N+](c2cc(-c3[c-]cccc3)[c-]cc2C)c2nc3ccccc3n2C12CCCCC2.[Y]. The Morgan fingerprint density at radius 1 is 0.938 bits per heavy atom. The van der Waals surface area contributed by atoms with Crippen molar-refractivity contribution in [2.45, 2.75) is 51.5 Å². The molecule has 0 amide bonds. The zero-order valence-electron chi connectivity index (χ0n) is 18.7. The van der Waals surface area contributed by atoms with E-state index < -0.39 is 0 Å². The molecule has 4 aromatic rings. The van der Waals surface area contributed by atoms with Gasteiger partial charge in [-0.1, -0.05) is 36.0 Å². The van der Waals surface area contributed by atoms with Gasteiger partial charge >= 0.3 is 5.95 Å². The summed E-state index contributed by atoms with van der Waals surface area (Å²) in [5, 5.41) is 0. The van der Waals surface area contributed by atoms with Gasteiger partial charge in [0.15, 0.2) is 5.52 Å². The second-order valence-electron chi connectivity index (χ2n) is 8.94. The van der Waals surface area contributed by atoms with Crippen molar-refractivity contribution in [2.75, 3.05) is 0 Å². The molecule has 3 aromatic carbocycles. The van der Waals surface area contributed by atoms with E-state index in [-0.39, 0.29) is 38.2 Å². The van der Waals surface area contributed by atoms with E-state index in [0.29, 0.717) is 0 Å². The quantitative estimate of drug-likeness (QED) is 0.228. The van der Waals surface area contributed by atoms with Crippen molar-refractivity contribution in [1.82, 2.24) is 14.1 Å². The molecule has 4 heteroatoms. The van der Waals surface area contributed by atoms with Gasteiger partial charge in [0.05, 0.1) is 5.71 Å². The molecule has 6 rings (SSSR count). The molecular weight excluding hydrogens is 467 g/mol. The van der Waals surface area contributed by atoms with E-state index in [2.05, 4.69) is 83.7 Å². The Labute approximate surface area is 215 Å². The molecule has 32 heavy (non-hydrogen) atoms. The van der Waals surface area contributed by atoms with Crippen LogP contribution in [0.4, 0.5) is 11.6 Å². The van der Waals surface area contributed by atoms with Crippen molar-refractivity contribution >= 4 is 28.4 Å². The normalized spacial score (nSPS) is 16.9. The summed E-state index contributed by atoms with van der Waals surface area (Å²) in [6.07, 6.45) is 6.22. The molecule has 0 bridgehead atoms. The predicted octanol–water partition coefficient (Wildman–Crippen LogP) is 6.58. The number of hydrogen-bond acceptors (Lipinski definition) is 1. The standard InChI is InChI=1S/C28H26N3.Y/c1-20-15-16-23(22-11-5-3-6-12-22)19-26(20)30-21(2)28(17-9-4-10-18-28)31-25-14-8-7-13-24(25)29-27(30)31;/h3,5-8,11,13-15,19H,4,9-10,17-18H2,1-2H3;/q-1;. The van der Waals surface area contributed by atoms with Crippen LogP contribution in [0, 0.1) is 19.1 Å². The molecule has 2 aliphatic rings. The van der Waals surface area contributed by atoms with Gasteiger partial charge in [0.1, 0.15) is 11.1 Å². The van der Waals surface area contributed by atoms with Gasteiger partial charge in [0.25, 0.3) is 0 Å². The molecular formula is C28H26N3Y-. The first-order chi connectivity index (χ1) is 15.2. The third-order valence-electron chi connectivity index (χ3n) is 7.23. The number of para-hydroxylation sites is 2. The van der Waals surface area contributed by atoms with Gasteiger partial charge in [-0.25, -0.2) is 20.3 Å². The fraction of sp³-hybridized carbons (Fsp3) is 0.286. The minimum atomic E-state index is 0. The smallest absolute Gasteiger partial charge is 0.226 e. The van der Waals surface area contributed by atoms with Gasteiger partial charge in [-0.15, -0.1) is 12.1 Å². The van der Waals surface area contributed by atoms with E-state index in [4.69, 9.17) is 4.98 Å². The maximum absolute atomic E-state index is 5.14. The maximum atomic E-state index is 5.14. The average molecular weight is 493 g/mol. The summed E-state index contributed by atoms with van der Waals surface area (Å²) >= 11 is 0. The van der Waals surface area contributed by atoms with E-state index in [0.717, 1.165) is 22.6 Å². The number of rotatable bonds is 2. The summed E-state index contributed by atoms with van der Waals surface area (Å²) in [6.45, 7) is 4.50. The Kier molecular flexibility index (Phi) is 5.67. The topological polar surface area (TPSA) is 20.8 Å². The minimum Gasteiger partial charge on any atom is -0.226 e. The van der Waals surface area contributed by atoms with E-state index in [1.807, 2.05) is 12.1 Å². The van der Waals surface area contributed by atoms with E-state index in [9.17, 15) is 0 Å². The van der Waals surface area contributed by atoms with Crippen LogP contribution in [0.25, 0.3) is 22.2 Å². The molecule has 1 saturated carbocycles. The van der Waals surface area contributed by atoms with Crippen LogP contribution in [-0.4, -0.2) is 15.3 Å². The zero-order valence-corrected chi connectivity index (χ0v) is 21.6. The molecule has 1 fully saturated rings. The number of imidazole rings is 1. The van der Waals surface area contributed by atoms with Crippen LogP contribution in [0.15, 0.2) is 60.7 Å². The Morgan fingerprint density at radius 2 is 1.72 bits per heavy atom. The monoisotopic (exact) mass is 493 g/mol. The fourth-order valence-electron chi connectivity index (χ4n) is 5.63. The molecule has 0 N–H and O–H groups in total. The van der Waals surface area contributed by atoms with Gasteiger partial charge in [-0.05, 0) is 44.7 Å². The number of nitrogens with zero attached hydrogens (tertiary/aromatic N) is 3. The molecule has 3 nitrogen and oxygen atoms in total. The van der Waals surface area contributed by atoms with Crippen molar-refractivity contribution in [1.29, 1.82) is 0 Å². The number of hydrogen-bond donors (Lipinski definition) is 0. The minimum absolute atomic E-state index is 0. The molecule has 1 aliphatic heterocycles. The largest absolute Gasteiger partial charge is 0.404 e. The number of aromatic nitrogens is 2. The van der Waals surface area contributed by atoms with Gasteiger partial charge in [-0.3, -0.25) is 0 Å². The predicted molar refractivity (Wildman–Crippen MR) is 127 cm³/mol. The molecule has 1 aromatic heterocycles. The van der Waals surface area contributed by atoms with Crippen LogP contribution in [0.5, 0.6) is 0 Å². The molecule has 1 radical (unpaired) electrons. The molecule has 0 saturated heterocycles. The number of aryl methyl sites for hydroxylation is 1. The van der Waals surface area contributed by atoms with Crippen LogP contribution in [0.3, 0.4) is 0 Å². The summed E-state index contributed by atoms with van der Waals surface area (Å²) in [5.74, 6) is 1.05. The summed E-state index contributed by atoms with van der Waals surface area (Å²) in [7, 11) is 0. The van der Waals surface area contributed by atoms with Crippen LogP contribution >= 0.6 is 0 Å². The van der Waals surface area contributed by atoms with Crippen LogP contribution < -0.4 is 4.58 Å². The summed E-state index contributed by atoms with van der Waals surface area (Å²) in [6, 6.07) is 27.9. The first-order valence-electron chi connectivity index (χ1n) is 11.3. The van der Waals surface area contributed by atoms with E-state index >= 15 is 0 Å². The van der Waals surface area contributed by atoms with Crippen molar-refractivity contribution in [3.63, 3.8) is 0 Å². The van der Waals surface area contributed by atoms with Gasteiger partial charge in [0, 0.05) is 38.4 Å². The summed E-state index contributed by atoms with van der Waals surface area (Å²) < 4.78 is 4.96.